The van der Waals surface area contributed by atoms with E-state index in [0.717, 1.165) is 12.8 Å². The first kappa shape index (κ1) is 9.30. The van der Waals surface area contributed by atoms with Crippen LogP contribution in [0.2, 0.25) is 0 Å². The van der Waals surface area contributed by atoms with Crippen LogP contribution in [0, 0.1) is 0 Å². The molecule has 0 amide bonds. The van der Waals surface area contributed by atoms with Crippen LogP contribution >= 0.6 is 0 Å². The fourth-order valence-electron chi connectivity index (χ4n) is 1.35. The summed E-state index contributed by atoms with van der Waals surface area (Å²) < 4.78 is 5.10. The van der Waals surface area contributed by atoms with Gasteiger partial charge < -0.3 is 4.74 Å². The molecule has 1 heterocycles. The van der Waals surface area contributed by atoms with Gasteiger partial charge in [-0.25, -0.2) is 4.79 Å². The standard InChI is InChI=1S/C10H16O2/c1-9-7-5-3-2-4-6-8-10(11)12-9/h6,8-9H,2-5,7H2,1H3/b8-6-. The molecule has 1 aliphatic rings. The summed E-state index contributed by atoms with van der Waals surface area (Å²) in [7, 11) is 0. The minimum atomic E-state index is -0.190. The summed E-state index contributed by atoms with van der Waals surface area (Å²) in [4.78, 5) is 11.0. The molecule has 0 aliphatic carbocycles. The van der Waals surface area contributed by atoms with Gasteiger partial charge in [0.1, 0.15) is 0 Å². The monoisotopic (exact) mass is 168 g/mol. The predicted molar refractivity (Wildman–Crippen MR) is 47.8 cm³/mol. The Bertz CT molecular complexity index is 173. The molecule has 0 aromatic heterocycles. The van der Waals surface area contributed by atoms with Crippen LogP contribution in [-0.2, 0) is 9.53 Å². The quantitative estimate of drug-likeness (QED) is 0.519. The van der Waals surface area contributed by atoms with Crippen molar-refractivity contribution in [3.63, 3.8) is 0 Å². The maximum absolute atomic E-state index is 11.0. The maximum Gasteiger partial charge on any atom is 0.330 e. The van der Waals surface area contributed by atoms with Gasteiger partial charge in [0.05, 0.1) is 6.10 Å². The number of hydrogen-bond donors (Lipinski definition) is 0. The van der Waals surface area contributed by atoms with Crippen molar-refractivity contribution in [2.24, 2.45) is 0 Å². The number of carbonyl (C=O) groups excluding carboxylic acids is 1. The van der Waals surface area contributed by atoms with E-state index in [1.807, 2.05) is 13.0 Å². The normalized spacial score (nSPS) is 29.1. The second-order valence-electron chi connectivity index (χ2n) is 3.29. The molecule has 0 N–H and O–H groups in total. The molecule has 0 saturated carbocycles. The van der Waals surface area contributed by atoms with Gasteiger partial charge in [-0.1, -0.05) is 12.5 Å². The Kier molecular flexibility index (Phi) is 3.85. The Morgan fingerprint density at radius 1 is 1.42 bits per heavy atom. The highest BCUT2D eigenvalue weighted by Crippen LogP contribution is 2.10. The van der Waals surface area contributed by atoms with Crippen molar-refractivity contribution in [3.05, 3.63) is 12.2 Å². The summed E-state index contributed by atoms with van der Waals surface area (Å²) in [6, 6.07) is 0. The highest BCUT2D eigenvalue weighted by atomic mass is 16.5. The fourth-order valence-corrected chi connectivity index (χ4v) is 1.35. The van der Waals surface area contributed by atoms with E-state index < -0.39 is 0 Å². The van der Waals surface area contributed by atoms with E-state index in [1.54, 1.807) is 6.08 Å². The van der Waals surface area contributed by atoms with Gasteiger partial charge in [-0.3, -0.25) is 0 Å². The van der Waals surface area contributed by atoms with Crippen LogP contribution in [0.1, 0.15) is 39.0 Å². The number of hydrogen-bond acceptors (Lipinski definition) is 2. The molecule has 0 radical (unpaired) electrons. The molecule has 0 saturated heterocycles. The SMILES string of the molecule is CC1CCCCC/C=C\C(=O)O1. The van der Waals surface area contributed by atoms with Gasteiger partial charge in [-0.05, 0) is 32.6 Å². The smallest absolute Gasteiger partial charge is 0.330 e. The van der Waals surface area contributed by atoms with Crippen LogP contribution < -0.4 is 0 Å². The van der Waals surface area contributed by atoms with E-state index in [1.165, 1.54) is 19.3 Å². The molecule has 0 aromatic rings. The van der Waals surface area contributed by atoms with Gasteiger partial charge in [0.15, 0.2) is 0 Å². The topological polar surface area (TPSA) is 26.3 Å². The third kappa shape index (κ3) is 3.56. The van der Waals surface area contributed by atoms with Crippen LogP contribution in [0.25, 0.3) is 0 Å². The molecule has 1 unspecified atom stereocenters. The first-order valence-corrected chi connectivity index (χ1v) is 4.66. The summed E-state index contributed by atoms with van der Waals surface area (Å²) in [6.45, 7) is 1.95. The lowest BCUT2D eigenvalue weighted by molar-refractivity contribution is -0.142. The third-order valence-corrected chi connectivity index (χ3v) is 2.05. The van der Waals surface area contributed by atoms with Crippen LogP contribution in [-0.4, -0.2) is 12.1 Å². The van der Waals surface area contributed by atoms with Crippen molar-refractivity contribution in [3.8, 4) is 0 Å². The highest BCUT2D eigenvalue weighted by molar-refractivity contribution is 5.81. The number of rotatable bonds is 0. The van der Waals surface area contributed by atoms with E-state index in [2.05, 4.69) is 0 Å². The minimum absolute atomic E-state index is 0.0836. The van der Waals surface area contributed by atoms with Crippen LogP contribution in [0.3, 0.4) is 0 Å². The lowest BCUT2D eigenvalue weighted by Crippen LogP contribution is -2.13. The van der Waals surface area contributed by atoms with Crippen molar-refractivity contribution in [2.45, 2.75) is 45.1 Å². The Morgan fingerprint density at radius 2 is 2.25 bits per heavy atom. The molecular weight excluding hydrogens is 152 g/mol. The molecule has 0 aromatic carbocycles. The summed E-state index contributed by atoms with van der Waals surface area (Å²) in [5.41, 5.74) is 0. The zero-order valence-electron chi connectivity index (χ0n) is 7.58. The van der Waals surface area contributed by atoms with Crippen molar-refractivity contribution in [2.75, 3.05) is 0 Å². The number of ether oxygens (including phenoxy) is 1. The molecule has 1 aliphatic heterocycles. The first-order chi connectivity index (χ1) is 5.79. The van der Waals surface area contributed by atoms with Crippen LogP contribution in [0.5, 0.6) is 0 Å². The van der Waals surface area contributed by atoms with Crippen molar-refractivity contribution < 1.29 is 9.53 Å². The number of esters is 1. The summed E-state index contributed by atoms with van der Waals surface area (Å²) in [6.07, 6.45) is 9.14. The molecule has 2 nitrogen and oxygen atoms in total. The van der Waals surface area contributed by atoms with E-state index in [9.17, 15) is 4.79 Å². The van der Waals surface area contributed by atoms with Crippen molar-refractivity contribution >= 4 is 5.97 Å². The van der Waals surface area contributed by atoms with Gasteiger partial charge in [-0.2, -0.15) is 0 Å². The average Bonchev–Trinajstić information content (AvgIpc) is 2.02. The van der Waals surface area contributed by atoms with Crippen LogP contribution in [0.4, 0.5) is 0 Å². The molecule has 2 heteroatoms. The van der Waals surface area contributed by atoms with Gasteiger partial charge in [0.2, 0.25) is 0 Å². The molecule has 1 rings (SSSR count). The average molecular weight is 168 g/mol. The van der Waals surface area contributed by atoms with Crippen molar-refractivity contribution in [1.82, 2.24) is 0 Å². The number of cyclic esters (lactones) is 1. The predicted octanol–water partition coefficient (Wildman–Crippen LogP) is 2.44. The van der Waals surface area contributed by atoms with E-state index in [-0.39, 0.29) is 12.1 Å². The van der Waals surface area contributed by atoms with Gasteiger partial charge in [-0.15, -0.1) is 0 Å². The Labute approximate surface area is 73.6 Å². The number of carbonyl (C=O) groups is 1. The number of allylic oxidation sites excluding steroid dienone is 1. The molecular formula is C10H16O2. The molecule has 12 heavy (non-hydrogen) atoms. The maximum atomic E-state index is 11.0. The van der Waals surface area contributed by atoms with Gasteiger partial charge in [0, 0.05) is 6.08 Å². The Balaban J connectivity index is 2.43. The third-order valence-electron chi connectivity index (χ3n) is 2.05. The fraction of sp³-hybridized carbons (Fsp3) is 0.700. The lowest BCUT2D eigenvalue weighted by atomic mass is 10.1. The summed E-state index contributed by atoms with van der Waals surface area (Å²) >= 11 is 0. The van der Waals surface area contributed by atoms with Crippen molar-refractivity contribution in [1.29, 1.82) is 0 Å². The molecule has 0 fully saturated rings. The summed E-state index contributed by atoms with van der Waals surface area (Å²) in [5.74, 6) is -0.190. The van der Waals surface area contributed by atoms with Crippen LogP contribution in [0.15, 0.2) is 12.2 Å². The summed E-state index contributed by atoms with van der Waals surface area (Å²) in [5, 5.41) is 0. The highest BCUT2D eigenvalue weighted by Gasteiger charge is 2.07. The zero-order valence-corrected chi connectivity index (χ0v) is 7.58. The Morgan fingerprint density at radius 3 is 3.08 bits per heavy atom. The van der Waals surface area contributed by atoms with E-state index in [4.69, 9.17) is 4.74 Å². The largest absolute Gasteiger partial charge is 0.460 e. The molecule has 1 atom stereocenters. The second-order valence-corrected chi connectivity index (χ2v) is 3.29. The minimum Gasteiger partial charge on any atom is -0.460 e. The lowest BCUT2D eigenvalue weighted by Gasteiger charge is -2.12. The molecule has 0 bridgehead atoms. The molecule has 68 valence electrons. The second kappa shape index (κ2) is 4.96. The van der Waals surface area contributed by atoms with Gasteiger partial charge >= 0.3 is 5.97 Å². The Hall–Kier alpha value is -0.790. The van der Waals surface area contributed by atoms with E-state index >= 15 is 0 Å². The zero-order chi connectivity index (χ0) is 8.81. The van der Waals surface area contributed by atoms with Gasteiger partial charge in [0.25, 0.3) is 0 Å². The molecule has 0 spiro atoms. The first-order valence-electron chi connectivity index (χ1n) is 4.66. The van der Waals surface area contributed by atoms with E-state index in [0.29, 0.717) is 0 Å².